The lowest BCUT2D eigenvalue weighted by Gasteiger charge is -2.35. The Kier molecular flexibility index (Phi) is 4.87. The second-order valence-electron chi connectivity index (χ2n) is 6.82. The molecular weight excluding hydrogens is 336 g/mol. The molecule has 6 nitrogen and oxygen atoms in total. The van der Waals surface area contributed by atoms with Gasteiger partial charge in [0.1, 0.15) is 0 Å². The van der Waals surface area contributed by atoms with E-state index in [-0.39, 0.29) is 0 Å². The summed E-state index contributed by atoms with van der Waals surface area (Å²) >= 11 is 0. The van der Waals surface area contributed by atoms with Crippen molar-refractivity contribution in [3.63, 3.8) is 0 Å². The van der Waals surface area contributed by atoms with Crippen LogP contribution in [0, 0.1) is 13.8 Å². The van der Waals surface area contributed by atoms with Gasteiger partial charge in [0.2, 0.25) is 5.95 Å². The average molecular weight is 360 g/mol. The number of aryl methyl sites for hydroxylation is 1. The summed E-state index contributed by atoms with van der Waals surface area (Å²) in [5.41, 5.74) is 4.78. The van der Waals surface area contributed by atoms with Gasteiger partial charge in [-0.2, -0.15) is 10.1 Å². The maximum atomic E-state index is 4.68. The van der Waals surface area contributed by atoms with Crippen molar-refractivity contribution in [2.45, 2.75) is 13.8 Å². The van der Waals surface area contributed by atoms with Crippen LogP contribution < -0.4 is 15.1 Å². The SMILES string of the molecule is Cc1cccc(Nc2cnnc(N3CCN(c4ccccc4)CC3)n2)c1C. The molecule has 3 aromatic rings. The van der Waals surface area contributed by atoms with Gasteiger partial charge in [-0.1, -0.05) is 30.3 Å². The van der Waals surface area contributed by atoms with Gasteiger partial charge in [-0.25, -0.2) is 0 Å². The molecule has 2 aromatic carbocycles. The molecule has 1 aromatic heterocycles. The number of nitrogens with zero attached hydrogens (tertiary/aromatic N) is 5. The molecule has 1 saturated heterocycles. The Balaban J connectivity index is 1.45. The Hall–Kier alpha value is -3.15. The number of para-hydroxylation sites is 1. The van der Waals surface area contributed by atoms with Crippen LogP contribution in [0.1, 0.15) is 11.1 Å². The monoisotopic (exact) mass is 360 g/mol. The minimum absolute atomic E-state index is 0.679. The van der Waals surface area contributed by atoms with E-state index in [1.54, 1.807) is 6.20 Å². The standard InChI is InChI=1S/C21H24N6/c1-16-7-6-10-19(17(16)2)23-20-15-22-25-21(24-20)27-13-11-26(12-14-27)18-8-4-3-5-9-18/h3-10,15H,11-14H2,1-2H3,(H,23,24,25). The Morgan fingerprint density at radius 3 is 2.37 bits per heavy atom. The van der Waals surface area contributed by atoms with Gasteiger partial charge in [0.25, 0.3) is 0 Å². The van der Waals surface area contributed by atoms with Crippen LogP contribution in [0.2, 0.25) is 0 Å². The van der Waals surface area contributed by atoms with E-state index in [1.807, 2.05) is 12.1 Å². The predicted octanol–water partition coefficient (Wildman–Crippen LogP) is 3.56. The molecule has 0 amide bonds. The van der Waals surface area contributed by atoms with Crippen LogP contribution in [0.25, 0.3) is 0 Å². The molecule has 27 heavy (non-hydrogen) atoms. The molecule has 4 rings (SSSR count). The van der Waals surface area contributed by atoms with Gasteiger partial charge in [0.05, 0.1) is 6.20 Å². The van der Waals surface area contributed by atoms with Crippen LogP contribution in [0.15, 0.2) is 54.7 Å². The highest BCUT2D eigenvalue weighted by Gasteiger charge is 2.20. The van der Waals surface area contributed by atoms with Crippen molar-refractivity contribution >= 4 is 23.1 Å². The van der Waals surface area contributed by atoms with Crippen molar-refractivity contribution in [2.75, 3.05) is 41.3 Å². The number of piperazine rings is 1. The first-order valence-electron chi connectivity index (χ1n) is 9.28. The van der Waals surface area contributed by atoms with Crippen molar-refractivity contribution in [1.82, 2.24) is 15.2 Å². The molecule has 0 atom stereocenters. The van der Waals surface area contributed by atoms with Crippen LogP contribution in [0.5, 0.6) is 0 Å². The van der Waals surface area contributed by atoms with Gasteiger partial charge < -0.3 is 15.1 Å². The number of anilines is 4. The van der Waals surface area contributed by atoms with Gasteiger partial charge in [-0.15, -0.1) is 5.10 Å². The average Bonchev–Trinajstić information content (AvgIpc) is 2.72. The second kappa shape index (κ2) is 7.61. The predicted molar refractivity (Wildman–Crippen MR) is 110 cm³/mol. The minimum Gasteiger partial charge on any atom is -0.368 e. The Morgan fingerprint density at radius 1 is 0.852 bits per heavy atom. The summed E-state index contributed by atoms with van der Waals surface area (Å²) in [6.45, 7) is 7.86. The molecule has 1 aliphatic heterocycles. The van der Waals surface area contributed by atoms with E-state index in [9.17, 15) is 0 Å². The number of hydrogen-bond acceptors (Lipinski definition) is 6. The number of aromatic nitrogens is 3. The molecule has 1 aliphatic rings. The molecular formula is C21H24N6. The zero-order valence-corrected chi connectivity index (χ0v) is 15.8. The van der Waals surface area contributed by atoms with E-state index >= 15 is 0 Å². The van der Waals surface area contributed by atoms with E-state index < -0.39 is 0 Å². The lowest BCUT2D eigenvalue weighted by molar-refractivity contribution is 0.635. The van der Waals surface area contributed by atoms with E-state index in [0.29, 0.717) is 5.95 Å². The molecule has 138 valence electrons. The normalized spacial score (nSPS) is 14.3. The number of benzene rings is 2. The van der Waals surface area contributed by atoms with Crippen molar-refractivity contribution in [3.05, 3.63) is 65.9 Å². The molecule has 0 radical (unpaired) electrons. The van der Waals surface area contributed by atoms with E-state index in [2.05, 4.69) is 80.5 Å². The van der Waals surface area contributed by atoms with Crippen molar-refractivity contribution in [2.24, 2.45) is 0 Å². The number of rotatable bonds is 4. The Bertz CT molecular complexity index is 904. The molecule has 0 spiro atoms. The molecule has 0 saturated carbocycles. The summed E-state index contributed by atoms with van der Waals surface area (Å²) < 4.78 is 0. The first-order chi connectivity index (χ1) is 13.2. The third-order valence-corrected chi connectivity index (χ3v) is 5.10. The zero-order valence-electron chi connectivity index (χ0n) is 15.8. The van der Waals surface area contributed by atoms with Crippen LogP contribution in [-0.4, -0.2) is 41.4 Å². The summed E-state index contributed by atoms with van der Waals surface area (Å²) in [5.74, 6) is 1.40. The first kappa shape index (κ1) is 17.3. The van der Waals surface area contributed by atoms with E-state index in [1.165, 1.54) is 16.8 Å². The highest BCUT2D eigenvalue weighted by molar-refractivity contribution is 5.62. The number of nitrogens with one attached hydrogen (secondary N) is 1. The fraction of sp³-hybridized carbons (Fsp3) is 0.286. The van der Waals surface area contributed by atoms with Crippen LogP contribution in [0.4, 0.5) is 23.1 Å². The van der Waals surface area contributed by atoms with E-state index in [0.717, 1.165) is 37.7 Å². The molecule has 2 heterocycles. The molecule has 6 heteroatoms. The Morgan fingerprint density at radius 2 is 1.59 bits per heavy atom. The van der Waals surface area contributed by atoms with Gasteiger partial charge >= 0.3 is 0 Å². The summed E-state index contributed by atoms with van der Waals surface area (Å²) in [5, 5.41) is 11.8. The zero-order chi connectivity index (χ0) is 18.6. The summed E-state index contributed by atoms with van der Waals surface area (Å²) in [4.78, 5) is 9.27. The maximum Gasteiger partial charge on any atom is 0.247 e. The summed E-state index contributed by atoms with van der Waals surface area (Å²) in [6.07, 6.45) is 1.67. The van der Waals surface area contributed by atoms with Crippen molar-refractivity contribution in [1.29, 1.82) is 0 Å². The highest BCUT2D eigenvalue weighted by atomic mass is 15.4. The molecule has 0 unspecified atom stereocenters. The maximum absolute atomic E-state index is 4.68. The molecule has 1 fully saturated rings. The highest BCUT2D eigenvalue weighted by Crippen LogP contribution is 2.23. The summed E-state index contributed by atoms with van der Waals surface area (Å²) in [7, 11) is 0. The molecule has 0 aliphatic carbocycles. The molecule has 1 N–H and O–H groups in total. The van der Waals surface area contributed by atoms with Crippen molar-refractivity contribution < 1.29 is 0 Å². The third-order valence-electron chi connectivity index (χ3n) is 5.10. The second-order valence-corrected chi connectivity index (χ2v) is 6.82. The first-order valence-corrected chi connectivity index (χ1v) is 9.28. The largest absolute Gasteiger partial charge is 0.368 e. The van der Waals surface area contributed by atoms with Gasteiger partial charge in [0.15, 0.2) is 5.82 Å². The minimum atomic E-state index is 0.679. The van der Waals surface area contributed by atoms with Gasteiger partial charge in [0, 0.05) is 37.6 Å². The fourth-order valence-corrected chi connectivity index (χ4v) is 3.32. The van der Waals surface area contributed by atoms with Gasteiger partial charge in [-0.3, -0.25) is 0 Å². The quantitative estimate of drug-likeness (QED) is 0.768. The lowest BCUT2D eigenvalue weighted by Crippen LogP contribution is -2.47. The van der Waals surface area contributed by atoms with Crippen LogP contribution >= 0.6 is 0 Å². The summed E-state index contributed by atoms with van der Waals surface area (Å²) in [6, 6.07) is 16.7. The smallest absolute Gasteiger partial charge is 0.247 e. The Labute approximate surface area is 159 Å². The van der Waals surface area contributed by atoms with Crippen molar-refractivity contribution in [3.8, 4) is 0 Å². The van der Waals surface area contributed by atoms with Crippen LogP contribution in [0.3, 0.4) is 0 Å². The van der Waals surface area contributed by atoms with Gasteiger partial charge in [-0.05, 0) is 43.2 Å². The van der Waals surface area contributed by atoms with Crippen LogP contribution in [-0.2, 0) is 0 Å². The fourth-order valence-electron chi connectivity index (χ4n) is 3.32. The number of hydrogen-bond donors (Lipinski definition) is 1. The third kappa shape index (κ3) is 3.84. The topological polar surface area (TPSA) is 57.2 Å². The molecule has 0 bridgehead atoms. The lowest BCUT2D eigenvalue weighted by atomic mass is 10.1. The van der Waals surface area contributed by atoms with E-state index in [4.69, 9.17) is 0 Å².